The summed E-state index contributed by atoms with van der Waals surface area (Å²) >= 11 is 1.36. The monoisotopic (exact) mass is 437 g/mol. The molecule has 31 heavy (non-hydrogen) atoms. The largest absolute Gasteiger partial charge is 0.368 e. The van der Waals surface area contributed by atoms with Gasteiger partial charge in [0.15, 0.2) is 0 Å². The molecule has 1 saturated heterocycles. The van der Waals surface area contributed by atoms with Crippen LogP contribution in [-0.4, -0.2) is 59.6 Å². The number of benzene rings is 1. The van der Waals surface area contributed by atoms with E-state index in [2.05, 4.69) is 32.5 Å². The normalized spacial score (nSPS) is 16.4. The van der Waals surface area contributed by atoms with E-state index in [0.29, 0.717) is 29.7 Å². The molecule has 1 saturated carbocycles. The van der Waals surface area contributed by atoms with Gasteiger partial charge in [0, 0.05) is 43.3 Å². The maximum Gasteiger partial charge on any atom is 0.261 e. The van der Waals surface area contributed by atoms with Crippen molar-refractivity contribution < 1.29 is 14.1 Å². The molecule has 1 N–H and O–H groups in total. The molecule has 3 aromatic rings. The van der Waals surface area contributed by atoms with Gasteiger partial charge in [-0.25, -0.2) is 0 Å². The van der Waals surface area contributed by atoms with Gasteiger partial charge in [-0.05, 0) is 48.6 Å². The molecule has 0 bridgehead atoms. The maximum atomic E-state index is 12.4. The van der Waals surface area contributed by atoms with Crippen LogP contribution >= 0.6 is 11.3 Å². The summed E-state index contributed by atoms with van der Waals surface area (Å²) in [4.78, 5) is 33.6. The molecular formula is C22H23N5O3S. The molecule has 0 unspecified atom stereocenters. The zero-order chi connectivity index (χ0) is 21.2. The molecule has 2 amide bonds. The summed E-state index contributed by atoms with van der Waals surface area (Å²) in [5.41, 5.74) is 2.04. The van der Waals surface area contributed by atoms with E-state index in [1.807, 2.05) is 23.6 Å². The molecule has 2 aliphatic rings. The van der Waals surface area contributed by atoms with E-state index in [9.17, 15) is 9.59 Å². The second-order valence-corrected chi connectivity index (χ2v) is 8.75. The van der Waals surface area contributed by atoms with Crippen molar-refractivity contribution in [2.75, 3.05) is 37.6 Å². The number of rotatable bonds is 6. The lowest BCUT2D eigenvalue weighted by atomic mass is 10.1. The highest BCUT2D eigenvalue weighted by atomic mass is 32.1. The third kappa shape index (κ3) is 4.46. The fourth-order valence-corrected chi connectivity index (χ4v) is 4.29. The van der Waals surface area contributed by atoms with Crippen molar-refractivity contribution in [3.63, 3.8) is 0 Å². The number of carbonyl (C=O) groups is 2. The van der Waals surface area contributed by atoms with Crippen LogP contribution < -0.4 is 10.2 Å². The molecule has 1 aromatic carbocycles. The number of nitrogens with one attached hydrogen (secondary N) is 1. The SMILES string of the molecule is O=C(NCC(=O)N1CCN(c2ccc(-c3noc(C4CC4)n3)cc2)CC1)c1cccs1. The number of piperazine rings is 1. The lowest BCUT2D eigenvalue weighted by Gasteiger charge is -2.36. The first-order valence-corrected chi connectivity index (χ1v) is 11.3. The van der Waals surface area contributed by atoms with Crippen molar-refractivity contribution in [3.05, 3.63) is 52.5 Å². The summed E-state index contributed by atoms with van der Waals surface area (Å²) in [6, 6.07) is 11.7. The van der Waals surface area contributed by atoms with Gasteiger partial charge < -0.3 is 19.6 Å². The van der Waals surface area contributed by atoms with E-state index in [1.54, 1.807) is 11.0 Å². The molecule has 1 aliphatic carbocycles. The number of thiophene rings is 1. The first-order chi connectivity index (χ1) is 15.2. The zero-order valence-corrected chi connectivity index (χ0v) is 17.8. The van der Waals surface area contributed by atoms with E-state index in [1.165, 1.54) is 11.3 Å². The van der Waals surface area contributed by atoms with Crippen molar-refractivity contribution >= 4 is 28.8 Å². The molecule has 8 nitrogen and oxygen atoms in total. The summed E-state index contributed by atoms with van der Waals surface area (Å²) in [7, 11) is 0. The van der Waals surface area contributed by atoms with Crippen LogP contribution in [0.3, 0.4) is 0 Å². The second-order valence-electron chi connectivity index (χ2n) is 7.81. The molecule has 5 rings (SSSR count). The lowest BCUT2D eigenvalue weighted by Crippen LogP contribution is -2.51. The Hall–Kier alpha value is -3.20. The lowest BCUT2D eigenvalue weighted by molar-refractivity contribution is -0.130. The van der Waals surface area contributed by atoms with Gasteiger partial charge in [0.25, 0.3) is 5.91 Å². The first-order valence-electron chi connectivity index (χ1n) is 10.5. The zero-order valence-electron chi connectivity index (χ0n) is 17.0. The first kappa shape index (κ1) is 19.7. The smallest absolute Gasteiger partial charge is 0.261 e. The number of amides is 2. The van der Waals surface area contributed by atoms with E-state index in [0.717, 1.165) is 43.1 Å². The average Bonchev–Trinajstić information content (AvgIpc) is 3.29. The summed E-state index contributed by atoms with van der Waals surface area (Å²) in [5, 5.41) is 8.64. The van der Waals surface area contributed by atoms with Crippen LogP contribution in [-0.2, 0) is 4.79 Å². The Bertz CT molecular complexity index is 1050. The van der Waals surface area contributed by atoms with Gasteiger partial charge in [-0.3, -0.25) is 9.59 Å². The minimum Gasteiger partial charge on any atom is -0.368 e. The molecular weight excluding hydrogens is 414 g/mol. The van der Waals surface area contributed by atoms with Crippen LogP contribution in [0, 0.1) is 0 Å². The predicted octanol–water partition coefficient (Wildman–Crippen LogP) is 2.75. The minimum absolute atomic E-state index is 0.0268. The van der Waals surface area contributed by atoms with Crippen molar-refractivity contribution in [3.8, 4) is 11.4 Å². The third-order valence-corrected chi connectivity index (χ3v) is 6.51. The summed E-state index contributed by atoms with van der Waals surface area (Å²) in [5.74, 6) is 1.57. The van der Waals surface area contributed by atoms with Crippen LogP contribution in [0.25, 0.3) is 11.4 Å². The second kappa shape index (κ2) is 8.50. The fourth-order valence-electron chi connectivity index (χ4n) is 3.65. The summed E-state index contributed by atoms with van der Waals surface area (Å²) in [6.45, 7) is 2.78. The Kier molecular flexibility index (Phi) is 5.42. The van der Waals surface area contributed by atoms with Gasteiger partial charge in [0.1, 0.15) is 0 Å². The Morgan fingerprint density at radius 3 is 2.55 bits per heavy atom. The van der Waals surface area contributed by atoms with Gasteiger partial charge in [0.05, 0.1) is 11.4 Å². The van der Waals surface area contributed by atoms with Gasteiger partial charge in [-0.1, -0.05) is 11.2 Å². The maximum absolute atomic E-state index is 12.4. The fraction of sp³-hybridized carbons (Fsp3) is 0.364. The highest BCUT2D eigenvalue weighted by Gasteiger charge is 2.29. The standard InChI is InChI=1S/C22H23N5O3S/c28-19(14-23-21(29)18-2-1-13-31-18)27-11-9-26(10-12-27)17-7-5-15(6-8-17)20-24-22(30-25-20)16-3-4-16/h1-2,5-8,13,16H,3-4,9-12,14H2,(H,23,29). The quantitative estimate of drug-likeness (QED) is 0.638. The van der Waals surface area contributed by atoms with Crippen molar-refractivity contribution in [2.45, 2.75) is 18.8 Å². The topological polar surface area (TPSA) is 91.6 Å². The van der Waals surface area contributed by atoms with Crippen LogP contribution in [0.4, 0.5) is 5.69 Å². The molecule has 0 radical (unpaired) electrons. The van der Waals surface area contributed by atoms with Crippen LogP contribution in [0.1, 0.15) is 34.3 Å². The Labute approximate surface area is 183 Å². The van der Waals surface area contributed by atoms with E-state index < -0.39 is 0 Å². The molecule has 1 aliphatic heterocycles. The number of carbonyl (C=O) groups excluding carboxylic acids is 2. The molecule has 0 atom stereocenters. The van der Waals surface area contributed by atoms with Gasteiger partial charge in [-0.15, -0.1) is 11.3 Å². The Morgan fingerprint density at radius 2 is 1.87 bits per heavy atom. The van der Waals surface area contributed by atoms with Gasteiger partial charge in [-0.2, -0.15) is 4.98 Å². The average molecular weight is 438 g/mol. The molecule has 9 heteroatoms. The van der Waals surface area contributed by atoms with Crippen LogP contribution in [0.5, 0.6) is 0 Å². The van der Waals surface area contributed by atoms with Crippen molar-refractivity contribution in [1.82, 2.24) is 20.4 Å². The highest BCUT2D eigenvalue weighted by molar-refractivity contribution is 7.12. The van der Waals surface area contributed by atoms with Crippen LogP contribution in [0.15, 0.2) is 46.3 Å². The van der Waals surface area contributed by atoms with Crippen LogP contribution in [0.2, 0.25) is 0 Å². The molecule has 2 fully saturated rings. The number of anilines is 1. The van der Waals surface area contributed by atoms with E-state index in [-0.39, 0.29) is 18.4 Å². The van der Waals surface area contributed by atoms with E-state index in [4.69, 9.17) is 4.52 Å². The number of hydrogen-bond donors (Lipinski definition) is 1. The number of nitrogens with zero attached hydrogens (tertiary/aromatic N) is 4. The van der Waals surface area contributed by atoms with E-state index >= 15 is 0 Å². The summed E-state index contributed by atoms with van der Waals surface area (Å²) < 4.78 is 5.34. The molecule has 160 valence electrons. The van der Waals surface area contributed by atoms with Gasteiger partial charge >= 0.3 is 0 Å². The third-order valence-electron chi connectivity index (χ3n) is 5.64. The minimum atomic E-state index is -0.201. The highest BCUT2D eigenvalue weighted by Crippen LogP contribution is 2.39. The van der Waals surface area contributed by atoms with Crippen molar-refractivity contribution in [2.24, 2.45) is 0 Å². The number of hydrogen-bond acceptors (Lipinski definition) is 7. The molecule has 2 aromatic heterocycles. The predicted molar refractivity (Wildman–Crippen MR) is 117 cm³/mol. The Morgan fingerprint density at radius 1 is 1.10 bits per heavy atom. The van der Waals surface area contributed by atoms with Gasteiger partial charge in [0.2, 0.25) is 17.6 Å². The molecule has 3 heterocycles. The summed E-state index contributed by atoms with van der Waals surface area (Å²) in [6.07, 6.45) is 2.27. The van der Waals surface area contributed by atoms with Crippen molar-refractivity contribution in [1.29, 1.82) is 0 Å². The molecule has 0 spiro atoms. The number of aromatic nitrogens is 2. The Balaban J connectivity index is 1.12.